The lowest BCUT2D eigenvalue weighted by Crippen LogP contribution is -2.36. The molecule has 0 amide bonds. The number of hydrogen-bond acceptors (Lipinski definition) is 3. The van der Waals surface area contributed by atoms with Crippen LogP contribution in [0, 0.1) is 5.41 Å². The van der Waals surface area contributed by atoms with Gasteiger partial charge in [-0.15, -0.1) is 0 Å². The Morgan fingerprint density at radius 1 is 1.29 bits per heavy atom. The van der Waals surface area contributed by atoms with Gasteiger partial charge in [-0.05, 0) is 36.5 Å². The Morgan fingerprint density at radius 2 is 1.90 bits per heavy atom. The summed E-state index contributed by atoms with van der Waals surface area (Å²) in [6.07, 6.45) is -4.93. The third kappa shape index (κ3) is 2.94. The van der Waals surface area contributed by atoms with E-state index in [0.29, 0.717) is 12.5 Å². The van der Waals surface area contributed by atoms with Crippen LogP contribution in [-0.2, 0) is 16.0 Å². The Hall–Kier alpha value is -1.08. The first-order valence-electron chi connectivity index (χ1n) is 6.55. The van der Waals surface area contributed by atoms with E-state index < -0.39 is 38.3 Å². The Kier molecular flexibility index (Phi) is 3.87. The predicted molar refractivity (Wildman–Crippen MR) is 71.4 cm³/mol. The van der Waals surface area contributed by atoms with Crippen LogP contribution < -0.4 is 0 Å². The Balaban J connectivity index is 2.42. The van der Waals surface area contributed by atoms with E-state index in [-0.39, 0.29) is 11.3 Å². The summed E-state index contributed by atoms with van der Waals surface area (Å²) in [5, 5.41) is 9.08. The number of benzene rings is 1. The lowest BCUT2D eigenvalue weighted by atomic mass is 9.89. The van der Waals surface area contributed by atoms with Crippen LogP contribution in [0.3, 0.4) is 0 Å². The van der Waals surface area contributed by atoms with Crippen LogP contribution in [0.2, 0.25) is 0 Å². The standard InChI is InChI=1S/C14H17F3O3S/c1-13(2)7-6-11(12(13)18)21(19,20)10-5-3-4-9(8-10)14(15,16)17/h3-5,8,11-12,18H,6-7H2,1-2H3. The van der Waals surface area contributed by atoms with E-state index in [1.807, 2.05) is 0 Å². The van der Waals surface area contributed by atoms with Gasteiger partial charge in [-0.2, -0.15) is 13.2 Å². The van der Waals surface area contributed by atoms with Crippen LogP contribution in [0.4, 0.5) is 13.2 Å². The molecular weight excluding hydrogens is 305 g/mol. The van der Waals surface area contributed by atoms with Gasteiger partial charge in [-0.1, -0.05) is 19.9 Å². The van der Waals surface area contributed by atoms with Gasteiger partial charge in [-0.3, -0.25) is 0 Å². The second kappa shape index (κ2) is 4.98. The minimum absolute atomic E-state index is 0.243. The SMILES string of the molecule is CC1(C)CCC(S(=O)(=O)c2cccc(C(F)(F)F)c2)C1O. The molecule has 0 bridgehead atoms. The maximum absolute atomic E-state index is 12.7. The molecule has 1 saturated carbocycles. The summed E-state index contributed by atoms with van der Waals surface area (Å²) in [5.74, 6) is 0. The molecule has 2 atom stereocenters. The molecule has 0 heterocycles. The fraction of sp³-hybridized carbons (Fsp3) is 0.571. The summed E-state index contributed by atoms with van der Waals surface area (Å²) in [6, 6.07) is 3.67. The maximum atomic E-state index is 12.7. The molecule has 1 aromatic rings. The summed E-state index contributed by atoms with van der Waals surface area (Å²) in [6.45, 7) is 3.50. The molecule has 7 heteroatoms. The zero-order valence-corrected chi connectivity index (χ0v) is 12.5. The second-order valence-electron chi connectivity index (χ2n) is 6.08. The van der Waals surface area contributed by atoms with Crippen molar-refractivity contribution in [2.75, 3.05) is 0 Å². The number of rotatable bonds is 2. The van der Waals surface area contributed by atoms with Gasteiger partial charge < -0.3 is 5.11 Å². The van der Waals surface area contributed by atoms with Gasteiger partial charge >= 0.3 is 6.18 Å². The second-order valence-corrected chi connectivity index (χ2v) is 8.25. The quantitative estimate of drug-likeness (QED) is 0.910. The van der Waals surface area contributed by atoms with Crippen LogP contribution >= 0.6 is 0 Å². The Labute approximate surface area is 121 Å². The molecule has 0 aliphatic heterocycles. The van der Waals surface area contributed by atoms with E-state index in [1.165, 1.54) is 0 Å². The van der Waals surface area contributed by atoms with Crippen LogP contribution in [0.5, 0.6) is 0 Å². The monoisotopic (exact) mass is 322 g/mol. The van der Waals surface area contributed by atoms with Gasteiger partial charge in [0.25, 0.3) is 0 Å². The summed E-state index contributed by atoms with van der Waals surface area (Å²) < 4.78 is 63.0. The molecule has 0 radical (unpaired) electrons. The van der Waals surface area contributed by atoms with Crippen LogP contribution in [0.25, 0.3) is 0 Å². The molecule has 21 heavy (non-hydrogen) atoms. The fourth-order valence-corrected chi connectivity index (χ4v) is 4.72. The van der Waals surface area contributed by atoms with Gasteiger partial charge in [-0.25, -0.2) is 8.42 Å². The number of sulfone groups is 1. The highest BCUT2D eigenvalue weighted by Crippen LogP contribution is 2.42. The Bertz CT molecular complexity index is 635. The lowest BCUT2D eigenvalue weighted by molar-refractivity contribution is -0.137. The number of alkyl halides is 3. The summed E-state index contributed by atoms with van der Waals surface area (Å²) in [5.41, 5.74) is -1.56. The van der Waals surface area contributed by atoms with Crippen molar-refractivity contribution >= 4 is 9.84 Å². The largest absolute Gasteiger partial charge is 0.416 e. The highest BCUT2D eigenvalue weighted by atomic mass is 32.2. The molecule has 0 saturated heterocycles. The molecule has 1 fully saturated rings. The van der Waals surface area contributed by atoms with Crippen molar-refractivity contribution in [2.45, 2.75) is 49.1 Å². The van der Waals surface area contributed by atoms with Gasteiger partial charge in [0.05, 0.1) is 21.8 Å². The van der Waals surface area contributed by atoms with Crippen molar-refractivity contribution in [1.82, 2.24) is 0 Å². The van der Waals surface area contributed by atoms with Gasteiger partial charge in [0.15, 0.2) is 9.84 Å². The molecule has 0 aromatic heterocycles. The first-order valence-corrected chi connectivity index (χ1v) is 8.10. The minimum atomic E-state index is -4.60. The van der Waals surface area contributed by atoms with Gasteiger partial charge in [0.1, 0.15) is 0 Å². The summed E-state index contributed by atoms with van der Waals surface area (Å²) in [7, 11) is -3.99. The third-order valence-corrected chi connectivity index (χ3v) is 6.32. The van der Waals surface area contributed by atoms with Gasteiger partial charge in [0.2, 0.25) is 0 Å². The maximum Gasteiger partial charge on any atom is 0.416 e. The van der Waals surface area contributed by atoms with Crippen molar-refractivity contribution in [1.29, 1.82) is 0 Å². The minimum Gasteiger partial charge on any atom is -0.391 e. The molecular formula is C14H17F3O3S. The first kappa shape index (κ1) is 16.3. The topological polar surface area (TPSA) is 54.4 Å². The lowest BCUT2D eigenvalue weighted by Gasteiger charge is -2.25. The smallest absolute Gasteiger partial charge is 0.391 e. The van der Waals surface area contributed by atoms with E-state index in [0.717, 1.165) is 18.2 Å². The molecule has 1 aliphatic rings. The van der Waals surface area contributed by atoms with Crippen LogP contribution in [0.1, 0.15) is 32.3 Å². The fourth-order valence-electron chi connectivity index (χ4n) is 2.67. The highest BCUT2D eigenvalue weighted by Gasteiger charge is 2.47. The van der Waals surface area contributed by atoms with E-state index in [4.69, 9.17) is 0 Å². The predicted octanol–water partition coefficient (Wildman–Crippen LogP) is 3.03. The first-order chi connectivity index (χ1) is 9.46. The third-order valence-electron chi connectivity index (χ3n) is 4.11. The number of halogens is 3. The van der Waals surface area contributed by atoms with Crippen molar-refractivity contribution in [3.05, 3.63) is 29.8 Å². The zero-order chi connectivity index (χ0) is 16.1. The van der Waals surface area contributed by atoms with Crippen LogP contribution in [0.15, 0.2) is 29.2 Å². The van der Waals surface area contributed by atoms with Gasteiger partial charge in [0, 0.05) is 0 Å². The number of hydrogen-bond donors (Lipinski definition) is 1. The highest BCUT2D eigenvalue weighted by molar-refractivity contribution is 7.92. The number of aliphatic hydroxyl groups is 1. The molecule has 118 valence electrons. The average molecular weight is 322 g/mol. The van der Waals surface area contributed by atoms with E-state index >= 15 is 0 Å². The molecule has 1 N–H and O–H groups in total. The van der Waals surface area contributed by atoms with E-state index in [1.54, 1.807) is 13.8 Å². The average Bonchev–Trinajstić information content (AvgIpc) is 2.64. The summed E-state index contributed by atoms with van der Waals surface area (Å²) in [4.78, 5) is -0.390. The molecule has 1 aromatic carbocycles. The van der Waals surface area contributed by atoms with Crippen molar-refractivity contribution in [3.63, 3.8) is 0 Å². The normalized spacial score (nSPS) is 26.0. The molecule has 1 aliphatic carbocycles. The van der Waals surface area contributed by atoms with E-state index in [2.05, 4.69) is 0 Å². The van der Waals surface area contributed by atoms with Crippen molar-refractivity contribution in [2.24, 2.45) is 5.41 Å². The van der Waals surface area contributed by atoms with Crippen LogP contribution in [-0.4, -0.2) is 24.9 Å². The molecule has 0 spiro atoms. The van der Waals surface area contributed by atoms with Crippen molar-refractivity contribution in [3.8, 4) is 0 Å². The Morgan fingerprint density at radius 3 is 2.38 bits per heavy atom. The zero-order valence-electron chi connectivity index (χ0n) is 11.7. The summed E-state index contributed by atoms with van der Waals surface area (Å²) >= 11 is 0. The van der Waals surface area contributed by atoms with E-state index in [9.17, 15) is 26.7 Å². The molecule has 2 unspecified atom stereocenters. The molecule has 2 rings (SSSR count). The van der Waals surface area contributed by atoms with Crippen molar-refractivity contribution < 1.29 is 26.7 Å². The molecule has 3 nitrogen and oxygen atoms in total. The number of aliphatic hydroxyl groups excluding tert-OH is 1.